The van der Waals surface area contributed by atoms with E-state index in [0.29, 0.717) is 21.2 Å². The molecule has 7 heteroatoms. The van der Waals surface area contributed by atoms with E-state index in [9.17, 15) is 15.3 Å². The number of anilines is 1. The molecule has 0 aromatic carbocycles. The number of aryl methyl sites for hydroxylation is 3. The number of thiophene rings is 1. The van der Waals surface area contributed by atoms with E-state index in [1.165, 1.54) is 41.5 Å². The monoisotopic (exact) mass is 450 g/mol. The van der Waals surface area contributed by atoms with Crippen LogP contribution in [0.1, 0.15) is 77.8 Å². The molecule has 2 aliphatic rings. The highest BCUT2D eigenvalue weighted by Gasteiger charge is 2.21. The standard InChI is InChI=1S/C24H26N4OS2/c25-13-17-12-16-8-4-1-2-6-10-20(16)27-23(17)30-15-22(29)28-24-19(14-26)18-9-5-3-7-11-21(18)31-24/h12H,1-11,15H2,(H,28,29). The third kappa shape index (κ3) is 5.11. The molecular formula is C24H26N4OS2. The van der Waals surface area contributed by atoms with Crippen molar-refractivity contribution in [3.8, 4) is 12.1 Å². The first-order valence-electron chi connectivity index (χ1n) is 11.1. The van der Waals surface area contributed by atoms with Gasteiger partial charge in [0.2, 0.25) is 5.91 Å². The van der Waals surface area contributed by atoms with E-state index < -0.39 is 0 Å². The summed E-state index contributed by atoms with van der Waals surface area (Å²) in [6.07, 6.45) is 12.0. The number of nitriles is 2. The molecular weight excluding hydrogens is 424 g/mol. The number of carbonyl (C=O) groups is 1. The Labute approximate surface area is 191 Å². The fraction of sp³-hybridized carbons (Fsp3) is 0.500. The second kappa shape index (κ2) is 10.3. The zero-order valence-corrected chi connectivity index (χ0v) is 19.3. The van der Waals surface area contributed by atoms with Crippen LogP contribution in [0.5, 0.6) is 0 Å². The van der Waals surface area contributed by atoms with Gasteiger partial charge in [0.1, 0.15) is 22.2 Å². The number of hydrogen-bond acceptors (Lipinski definition) is 6. The van der Waals surface area contributed by atoms with Gasteiger partial charge in [-0.3, -0.25) is 4.79 Å². The molecule has 0 spiro atoms. The van der Waals surface area contributed by atoms with Crippen molar-refractivity contribution in [1.29, 1.82) is 10.5 Å². The van der Waals surface area contributed by atoms with Crippen molar-refractivity contribution in [2.75, 3.05) is 11.1 Å². The second-order valence-corrected chi connectivity index (χ2v) is 10.3. The molecule has 0 fully saturated rings. The lowest BCUT2D eigenvalue weighted by Crippen LogP contribution is -2.14. The summed E-state index contributed by atoms with van der Waals surface area (Å²) >= 11 is 2.86. The second-order valence-electron chi connectivity index (χ2n) is 8.19. The van der Waals surface area contributed by atoms with Crippen molar-refractivity contribution >= 4 is 34.0 Å². The van der Waals surface area contributed by atoms with Crippen molar-refractivity contribution < 1.29 is 4.79 Å². The van der Waals surface area contributed by atoms with E-state index in [-0.39, 0.29) is 11.7 Å². The topological polar surface area (TPSA) is 89.6 Å². The van der Waals surface area contributed by atoms with E-state index in [4.69, 9.17) is 4.98 Å². The van der Waals surface area contributed by atoms with E-state index >= 15 is 0 Å². The number of amides is 1. The van der Waals surface area contributed by atoms with Gasteiger partial charge in [-0.15, -0.1) is 11.3 Å². The minimum Gasteiger partial charge on any atom is -0.316 e. The fourth-order valence-electron chi connectivity index (χ4n) is 4.40. The number of rotatable bonds is 4. The van der Waals surface area contributed by atoms with Gasteiger partial charge in [0, 0.05) is 10.6 Å². The van der Waals surface area contributed by atoms with E-state index in [1.807, 2.05) is 6.07 Å². The van der Waals surface area contributed by atoms with Gasteiger partial charge in [0.25, 0.3) is 0 Å². The molecule has 0 saturated carbocycles. The van der Waals surface area contributed by atoms with Gasteiger partial charge in [-0.05, 0) is 68.6 Å². The lowest BCUT2D eigenvalue weighted by molar-refractivity contribution is -0.113. The molecule has 31 heavy (non-hydrogen) atoms. The Morgan fingerprint density at radius 2 is 1.77 bits per heavy atom. The molecule has 0 bridgehead atoms. The Balaban J connectivity index is 1.46. The first kappa shape index (κ1) is 21.9. The Hall–Kier alpha value is -2.35. The molecule has 1 amide bonds. The highest BCUT2D eigenvalue weighted by Crippen LogP contribution is 2.37. The molecule has 4 rings (SSSR count). The minimum absolute atomic E-state index is 0.157. The first-order chi connectivity index (χ1) is 15.2. The molecule has 0 radical (unpaired) electrons. The third-order valence-electron chi connectivity index (χ3n) is 6.01. The summed E-state index contributed by atoms with van der Waals surface area (Å²) in [5, 5.41) is 23.5. The van der Waals surface area contributed by atoms with Crippen LogP contribution in [-0.2, 0) is 30.5 Å². The van der Waals surface area contributed by atoms with Crippen molar-refractivity contribution in [3.63, 3.8) is 0 Å². The van der Waals surface area contributed by atoms with E-state index in [2.05, 4.69) is 17.5 Å². The number of nitrogens with zero attached hydrogens (tertiary/aromatic N) is 3. The average molecular weight is 451 g/mol. The van der Waals surface area contributed by atoms with Crippen molar-refractivity contribution in [2.45, 2.75) is 75.7 Å². The number of fused-ring (bicyclic) bond motifs is 2. The highest BCUT2D eigenvalue weighted by atomic mass is 32.2. The largest absolute Gasteiger partial charge is 0.316 e. The van der Waals surface area contributed by atoms with Crippen LogP contribution < -0.4 is 5.32 Å². The first-order valence-corrected chi connectivity index (χ1v) is 12.9. The fourth-order valence-corrected chi connectivity index (χ4v) is 6.43. The van der Waals surface area contributed by atoms with Crippen molar-refractivity contribution in [1.82, 2.24) is 4.98 Å². The summed E-state index contributed by atoms with van der Waals surface area (Å²) in [6, 6.07) is 6.53. The van der Waals surface area contributed by atoms with Crippen LogP contribution in [0, 0.1) is 22.7 Å². The van der Waals surface area contributed by atoms with E-state index in [1.54, 1.807) is 11.3 Å². The maximum Gasteiger partial charge on any atom is 0.235 e. The number of hydrogen-bond donors (Lipinski definition) is 1. The van der Waals surface area contributed by atoms with Crippen LogP contribution in [0.4, 0.5) is 5.00 Å². The lowest BCUT2D eigenvalue weighted by atomic mass is 9.96. The summed E-state index contributed by atoms with van der Waals surface area (Å²) in [6.45, 7) is 0. The molecule has 0 aliphatic heterocycles. The van der Waals surface area contributed by atoms with Gasteiger partial charge < -0.3 is 5.32 Å². The minimum atomic E-state index is -0.157. The quantitative estimate of drug-likeness (QED) is 0.487. The van der Waals surface area contributed by atoms with Gasteiger partial charge in [-0.25, -0.2) is 4.98 Å². The van der Waals surface area contributed by atoms with Crippen LogP contribution in [-0.4, -0.2) is 16.6 Å². The predicted octanol–water partition coefficient (Wildman–Crippen LogP) is 5.55. The summed E-state index contributed by atoms with van der Waals surface area (Å²) in [5.41, 5.74) is 4.58. The van der Waals surface area contributed by atoms with Gasteiger partial charge in [0.05, 0.1) is 16.9 Å². The zero-order valence-electron chi connectivity index (χ0n) is 17.6. The third-order valence-corrected chi connectivity index (χ3v) is 8.21. The highest BCUT2D eigenvalue weighted by molar-refractivity contribution is 8.00. The molecule has 1 N–H and O–H groups in total. The Morgan fingerprint density at radius 1 is 1.03 bits per heavy atom. The number of nitrogens with one attached hydrogen (secondary N) is 1. The van der Waals surface area contributed by atoms with Gasteiger partial charge in [-0.1, -0.05) is 31.0 Å². The molecule has 2 heterocycles. The van der Waals surface area contributed by atoms with Crippen LogP contribution in [0.25, 0.3) is 0 Å². The van der Waals surface area contributed by atoms with E-state index in [0.717, 1.165) is 62.6 Å². The van der Waals surface area contributed by atoms with Gasteiger partial charge >= 0.3 is 0 Å². The molecule has 0 saturated heterocycles. The number of pyridine rings is 1. The Morgan fingerprint density at radius 3 is 2.58 bits per heavy atom. The molecule has 160 valence electrons. The Kier molecular flexibility index (Phi) is 7.27. The summed E-state index contributed by atoms with van der Waals surface area (Å²) in [4.78, 5) is 18.7. The predicted molar refractivity (Wildman–Crippen MR) is 124 cm³/mol. The van der Waals surface area contributed by atoms with Gasteiger partial charge in [0.15, 0.2) is 0 Å². The smallest absolute Gasteiger partial charge is 0.235 e. The SMILES string of the molecule is N#Cc1cc2c(nc1SCC(=O)Nc1sc3c(c1C#N)CCCCC3)CCCCCC2. The zero-order chi connectivity index (χ0) is 21.6. The van der Waals surface area contributed by atoms with Crippen LogP contribution in [0.3, 0.4) is 0 Å². The van der Waals surface area contributed by atoms with Gasteiger partial charge in [-0.2, -0.15) is 10.5 Å². The van der Waals surface area contributed by atoms with Crippen molar-refractivity contribution in [2.24, 2.45) is 0 Å². The summed E-state index contributed by atoms with van der Waals surface area (Å²) < 4.78 is 0. The molecule has 0 atom stereocenters. The summed E-state index contributed by atoms with van der Waals surface area (Å²) in [5.74, 6) is 0.0174. The van der Waals surface area contributed by atoms with Crippen LogP contribution >= 0.6 is 23.1 Å². The molecule has 2 aliphatic carbocycles. The summed E-state index contributed by atoms with van der Waals surface area (Å²) in [7, 11) is 0. The maximum absolute atomic E-state index is 12.7. The molecule has 5 nitrogen and oxygen atoms in total. The lowest BCUT2D eigenvalue weighted by Gasteiger charge is -2.15. The molecule has 2 aromatic heterocycles. The molecule has 2 aromatic rings. The number of carbonyl (C=O) groups excluding carboxylic acids is 1. The Bertz CT molecular complexity index is 1060. The van der Waals surface area contributed by atoms with Crippen LogP contribution in [0.15, 0.2) is 11.1 Å². The molecule has 0 unspecified atom stereocenters. The normalized spacial score (nSPS) is 15.9. The van der Waals surface area contributed by atoms with Crippen LogP contribution in [0.2, 0.25) is 0 Å². The maximum atomic E-state index is 12.7. The number of thioether (sulfide) groups is 1. The van der Waals surface area contributed by atoms with Crippen molar-refractivity contribution in [3.05, 3.63) is 38.9 Å². The average Bonchev–Trinajstić information content (AvgIpc) is 2.91. The number of aromatic nitrogens is 1.